The zero-order valence-electron chi connectivity index (χ0n) is 10.1. The summed E-state index contributed by atoms with van der Waals surface area (Å²) >= 11 is 0. The molecule has 0 amide bonds. The SMILES string of the molecule is CCc1cccc(Oc2ccccc2C(=O)O)c1. The largest absolute Gasteiger partial charge is 0.478 e. The van der Waals surface area contributed by atoms with Crippen molar-refractivity contribution in [1.29, 1.82) is 0 Å². The molecule has 0 fully saturated rings. The van der Waals surface area contributed by atoms with Crippen molar-refractivity contribution in [3.63, 3.8) is 0 Å². The highest BCUT2D eigenvalue weighted by molar-refractivity contribution is 5.90. The summed E-state index contributed by atoms with van der Waals surface area (Å²) in [5.74, 6) is 0.0264. The molecule has 0 heterocycles. The van der Waals surface area contributed by atoms with Gasteiger partial charge < -0.3 is 9.84 Å². The highest BCUT2D eigenvalue weighted by atomic mass is 16.5. The van der Waals surface area contributed by atoms with E-state index in [0.717, 1.165) is 12.0 Å². The monoisotopic (exact) mass is 242 g/mol. The molecule has 0 aliphatic heterocycles. The molecule has 0 radical (unpaired) electrons. The van der Waals surface area contributed by atoms with Crippen molar-refractivity contribution in [2.75, 3.05) is 0 Å². The second-order valence-electron chi connectivity index (χ2n) is 3.90. The van der Waals surface area contributed by atoms with Crippen molar-refractivity contribution in [1.82, 2.24) is 0 Å². The molecule has 0 aliphatic rings. The summed E-state index contributed by atoms with van der Waals surface area (Å²) in [7, 11) is 0. The van der Waals surface area contributed by atoms with Crippen molar-refractivity contribution >= 4 is 5.97 Å². The van der Waals surface area contributed by atoms with Crippen LogP contribution in [0.5, 0.6) is 11.5 Å². The number of aromatic carboxylic acids is 1. The van der Waals surface area contributed by atoms with E-state index in [1.54, 1.807) is 18.2 Å². The molecule has 3 nitrogen and oxygen atoms in total. The van der Waals surface area contributed by atoms with E-state index in [2.05, 4.69) is 6.92 Å². The number of hydrogen-bond donors (Lipinski definition) is 1. The molecule has 2 aromatic carbocycles. The Kier molecular flexibility index (Phi) is 3.63. The molecule has 0 saturated carbocycles. The van der Waals surface area contributed by atoms with Gasteiger partial charge in [-0.3, -0.25) is 0 Å². The van der Waals surface area contributed by atoms with Gasteiger partial charge in [0.2, 0.25) is 0 Å². The van der Waals surface area contributed by atoms with Crippen molar-refractivity contribution in [2.45, 2.75) is 13.3 Å². The highest BCUT2D eigenvalue weighted by Crippen LogP contribution is 2.25. The molecule has 0 aliphatic carbocycles. The molecular formula is C15H14O3. The smallest absolute Gasteiger partial charge is 0.339 e. The molecule has 0 aromatic heterocycles. The predicted octanol–water partition coefficient (Wildman–Crippen LogP) is 3.74. The van der Waals surface area contributed by atoms with Crippen LogP contribution in [0.4, 0.5) is 0 Å². The van der Waals surface area contributed by atoms with Crippen LogP contribution >= 0.6 is 0 Å². The Morgan fingerprint density at radius 3 is 2.67 bits per heavy atom. The Balaban J connectivity index is 2.31. The quantitative estimate of drug-likeness (QED) is 0.888. The first-order valence-electron chi connectivity index (χ1n) is 5.80. The van der Waals surface area contributed by atoms with Gasteiger partial charge in [0.15, 0.2) is 0 Å². The van der Waals surface area contributed by atoms with Crippen LogP contribution in [0.2, 0.25) is 0 Å². The minimum atomic E-state index is -0.989. The van der Waals surface area contributed by atoms with E-state index in [1.165, 1.54) is 6.07 Å². The number of benzene rings is 2. The average molecular weight is 242 g/mol. The zero-order chi connectivity index (χ0) is 13.0. The van der Waals surface area contributed by atoms with Gasteiger partial charge in [0.05, 0.1) is 0 Å². The van der Waals surface area contributed by atoms with Crippen LogP contribution in [-0.4, -0.2) is 11.1 Å². The molecule has 0 unspecified atom stereocenters. The van der Waals surface area contributed by atoms with Crippen molar-refractivity contribution in [3.05, 3.63) is 59.7 Å². The first-order valence-corrected chi connectivity index (χ1v) is 5.80. The third-order valence-electron chi connectivity index (χ3n) is 2.65. The number of para-hydroxylation sites is 1. The lowest BCUT2D eigenvalue weighted by Gasteiger charge is -2.09. The van der Waals surface area contributed by atoms with Gasteiger partial charge in [0.25, 0.3) is 0 Å². The molecular weight excluding hydrogens is 228 g/mol. The van der Waals surface area contributed by atoms with Crippen LogP contribution < -0.4 is 4.74 Å². The van der Waals surface area contributed by atoms with Gasteiger partial charge in [0, 0.05) is 0 Å². The van der Waals surface area contributed by atoms with Crippen LogP contribution in [-0.2, 0) is 6.42 Å². The average Bonchev–Trinajstić information content (AvgIpc) is 2.39. The predicted molar refractivity (Wildman–Crippen MR) is 69.3 cm³/mol. The molecule has 0 saturated heterocycles. The molecule has 18 heavy (non-hydrogen) atoms. The molecule has 92 valence electrons. The summed E-state index contributed by atoms with van der Waals surface area (Å²) in [4.78, 5) is 11.1. The third kappa shape index (κ3) is 2.69. The Morgan fingerprint density at radius 1 is 1.17 bits per heavy atom. The lowest BCUT2D eigenvalue weighted by Crippen LogP contribution is -1.99. The maximum Gasteiger partial charge on any atom is 0.339 e. The van der Waals surface area contributed by atoms with Gasteiger partial charge in [-0.05, 0) is 36.2 Å². The van der Waals surface area contributed by atoms with Gasteiger partial charge in [-0.25, -0.2) is 4.79 Å². The Morgan fingerprint density at radius 2 is 1.94 bits per heavy atom. The molecule has 0 spiro atoms. The fourth-order valence-electron chi connectivity index (χ4n) is 1.69. The Labute approximate surface area is 106 Å². The van der Waals surface area contributed by atoms with Crippen LogP contribution in [0, 0.1) is 0 Å². The number of carbonyl (C=O) groups is 1. The van der Waals surface area contributed by atoms with Crippen LogP contribution in [0.25, 0.3) is 0 Å². The van der Waals surface area contributed by atoms with E-state index in [4.69, 9.17) is 9.84 Å². The second-order valence-corrected chi connectivity index (χ2v) is 3.90. The molecule has 3 heteroatoms. The standard InChI is InChI=1S/C15H14O3/c1-2-11-6-5-7-12(10-11)18-14-9-4-3-8-13(14)15(16)17/h3-10H,2H2,1H3,(H,16,17). The van der Waals surface area contributed by atoms with Gasteiger partial charge in [-0.15, -0.1) is 0 Å². The second kappa shape index (κ2) is 5.36. The van der Waals surface area contributed by atoms with E-state index >= 15 is 0 Å². The van der Waals surface area contributed by atoms with E-state index < -0.39 is 5.97 Å². The summed E-state index contributed by atoms with van der Waals surface area (Å²) < 4.78 is 5.63. The van der Waals surface area contributed by atoms with Crippen molar-refractivity contribution < 1.29 is 14.6 Å². The third-order valence-corrected chi connectivity index (χ3v) is 2.65. The van der Waals surface area contributed by atoms with E-state index in [1.807, 2.05) is 24.3 Å². The summed E-state index contributed by atoms with van der Waals surface area (Å²) in [5.41, 5.74) is 1.32. The highest BCUT2D eigenvalue weighted by Gasteiger charge is 2.10. The fourth-order valence-corrected chi connectivity index (χ4v) is 1.69. The van der Waals surface area contributed by atoms with Crippen molar-refractivity contribution in [2.24, 2.45) is 0 Å². The Bertz CT molecular complexity index is 561. The lowest BCUT2D eigenvalue weighted by molar-refractivity contribution is 0.0694. The number of ether oxygens (including phenoxy) is 1. The molecule has 0 bridgehead atoms. The van der Waals surface area contributed by atoms with Crippen molar-refractivity contribution in [3.8, 4) is 11.5 Å². The maximum atomic E-state index is 11.1. The number of carboxylic acids is 1. The molecule has 2 aromatic rings. The summed E-state index contributed by atoms with van der Waals surface area (Å²) in [6.07, 6.45) is 0.914. The maximum absolute atomic E-state index is 11.1. The van der Waals surface area contributed by atoms with E-state index in [9.17, 15) is 4.79 Å². The lowest BCUT2D eigenvalue weighted by atomic mass is 10.1. The topological polar surface area (TPSA) is 46.5 Å². The first kappa shape index (κ1) is 12.2. The summed E-state index contributed by atoms with van der Waals surface area (Å²) in [6, 6.07) is 14.3. The van der Waals surface area contributed by atoms with Gasteiger partial charge >= 0.3 is 5.97 Å². The van der Waals surface area contributed by atoms with Gasteiger partial charge in [-0.1, -0.05) is 31.2 Å². The van der Waals surface area contributed by atoms with Gasteiger partial charge in [-0.2, -0.15) is 0 Å². The number of rotatable bonds is 4. The molecule has 0 atom stereocenters. The first-order chi connectivity index (χ1) is 8.70. The van der Waals surface area contributed by atoms with Gasteiger partial charge in [0.1, 0.15) is 17.1 Å². The zero-order valence-corrected chi connectivity index (χ0v) is 10.1. The van der Waals surface area contributed by atoms with Crippen LogP contribution in [0.1, 0.15) is 22.8 Å². The number of hydrogen-bond acceptors (Lipinski definition) is 2. The fraction of sp³-hybridized carbons (Fsp3) is 0.133. The van der Waals surface area contributed by atoms with Crippen LogP contribution in [0.3, 0.4) is 0 Å². The minimum absolute atomic E-state index is 0.166. The minimum Gasteiger partial charge on any atom is -0.478 e. The Hall–Kier alpha value is -2.29. The van der Waals surface area contributed by atoms with E-state index in [0.29, 0.717) is 11.5 Å². The normalized spacial score (nSPS) is 10.1. The number of carboxylic acid groups (broad SMARTS) is 1. The summed E-state index contributed by atoms with van der Waals surface area (Å²) in [6.45, 7) is 2.06. The molecule has 2 rings (SSSR count). The van der Waals surface area contributed by atoms with E-state index in [-0.39, 0.29) is 5.56 Å². The van der Waals surface area contributed by atoms with Crippen LogP contribution in [0.15, 0.2) is 48.5 Å². The number of aryl methyl sites for hydroxylation is 1. The molecule has 1 N–H and O–H groups in total. The summed E-state index contributed by atoms with van der Waals surface area (Å²) in [5, 5.41) is 9.06.